The lowest BCUT2D eigenvalue weighted by Crippen LogP contribution is -2.42. The molecule has 2 aromatic carbocycles. The molecule has 1 atom stereocenters. The number of halogens is 1. The number of hydrogen-bond donors (Lipinski definition) is 0. The van der Waals surface area contributed by atoms with E-state index in [0.29, 0.717) is 12.1 Å². The summed E-state index contributed by atoms with van der Waals surface area (Å²) in [5, 5.41) is 0. The molecular weight excluding hydrogens is 319 g/mol. The number of likely N-dealkylation sites (N-methyl/N-ethyl adjacent to an activating group) is 1. The van der Waals surface area contributed by atoms with E-state index in [9.17, 15) is 9.18 Å². The Morgan fingerprint density at radius 1 is 1.28 bits per heavy atom. The fraction of sp³-hybridized carbons (Fsp3) is 0.350. The van der Waals surface area contributed by atoms with Gasteiger partial charge in [-0.2, -0.15) is 0 Å². The second-order valence-electron chi connectivity index (χ2n) is 6.53. The van der Waals surface area contributed by atoms with Crippen LogP contribution in [0.3, 0.4) is 0 Å². The number of benzene rings is 2. The Labute approximate surface area is 147 Å². The van der Waals surface area contributed by atoms with Gasteiger partial charge in [0.05, 0.1) is 13.5 Å². The zero-order valence-electron chi connectivity index (χ0n) is 14.8. The summed E-state index contributed by atoms with van der Waals surface area (Å²) >= 11 is 0. The highest BCUT2D eigenvalue weighted by molar-refractivity contribution is 5.79. The van der Waals surface area contributed by atoms with Crippen molar-refractivity contribution in [2.75, 3.05) is 25.6 Å². The van der Waals surface area contributed by atoms with Crippen molar-refractivity contribution in [1.29, 1.82) is 0 Å². The van der Waals surface area contributed by atoms with E-state index in [1.807, 2.05) is 24.1 Å². The van der Waals surface area contributed by atoms with Crippen LogP contribution in [0.4, 0.5) is 10.1 Å². The largest absolute Gasteiger partial charge is 0.494 e. The molecule has 1 heterocycles. The minimum Gasteiger partial charge on any atom is -0.494 e. The highest BCUT2D eigenvalue weighted by atomic mass is 19.1. The topological polar surface area (TPSA) is 32.8 Å². The van der Waals surface area contributed by atoms with E-state index < -0.39 is 5.82 Å². The Kier molecular flexibility index (Phi) is 4.93. The molecule has 0 aliphatic carbocycles. The van der Waals surface area contributed by atoms with Crippen LogP contribution in [0, 0.1) is 5.82 Å². The first-order chi connectivity index (χ1) is 12.0. The number of anilines is 1. The molecule has 0 spiro atoms. The third-order valence-corrected chi connectivity index (χ3v) is 4.71. The van der Waals surface area contributed by atoms with Crippen LogP contribution in [0.1, 0.15) is 18.1 Å². The summed E-state index contributed by atoms with van der Waals surface area (Å²) in [4.78, 5) is 16.9. The van der Waals surface area contributed by atoms with Crippen LogP contribution >= 0.6 is 0 Å². The van der Waals surface area contributed by atoms with Gasteiger partial charge < -0.3 is 14.5 Å². The van der Waals surface area contributed by atoms with E-state index in [4.69, 9.17) is 4.74 Å². The van der Waals surface area contributed by atoms with Crippen molar-refractivity contribution in [3.8, 4) is 5.75 Å². The lowest BCUT2D eigenvalue weighted by atomic mass is 10.1. The summed E-state index contributed by atoms with van der Waals surface area (Å²) in [5.41, 5.74) is 2.94. The number of para-hydroxylation sites is 1. The van der Waals surface area contributed by atoms with Crippen LogP contribution in [0.5, 0.6) is 5.75 Å². The van der Waals surface area contributed by atoms with Crippen LogP contribution in [0.25, 0.3) is 0 Å². The third kappa shape index (κ3) is 3.60. The number of ether oxygens (including phenoxy) is 1. The predicted octanol–water partition coefficient (Wildman–Crippen LogP) is 3.24. The molecule has 0 saturated carbocycles. The van der Waals surface area contributed by atoms with Crippen molar-refractivity contribution in [3.05, 3.63) is 59.4 Å². The van der Waals surface area contributed by atoms with E-state index in [2.05, 4.69) is 24.0 Å². The zero-order chi connectivity index (χ0) is 18.0. The van der Waals surface area contributed by atoms with Crippen LogP contribution in [-0.4, -0.2) is 37.6 Å². The molecule has 132 valence electrons. The van der Waals surface area contributed by atoms with Crippen molar-refractivity contribution in [2.24, 2.45) is 0 Å². The number of amides is 1. The van der Waals surface area contributed by atoms with Gasteiger partial charge in [0.15, 0.2) is 11.6 Å². The molecule has 0 radical (unpaired) electrons. The number of fused-ring (bicyclic) bond motifs is 1. The minimum absolute atomic E-state index is 0.00201. The summed E-state index contributed by atoms with van der Waals surface area (Å²) in [6, 6.07) is 12.9. The van der Waals surface area contributed by atoms with Gasteiger partial charge in [-0.15, -0.1) is 0 Å². The Balaban J connectivity index is 1.80. The third-order valence-electron chi connectivity index (χ3n) is 4.71. The average molecular weight is 342 g/mol. The molecule has 0 saturated heterocycles. The van der Waals surface area contributed by atoms with Gasteiger partial charge >= 0.3 is 0 Å². The summed E-state index contributed by atoms with van der Waals surface area (Å²) < 4.78 is 18.8. The molecule has 0 fully saturated rings. The maximum absolute atomic E-state index is 13.9. The number of nitrogens with zero attached hydrogens (tertiary/aromatic N) is 2. The van der Waals surface area contributed by atoms with Gasteiger partial charge in [-0.05, 0) is 36.2 Å². The second kappa shape index (κ2) is 7.13. The number of carbonyl (C=O) groups excluding carboxylic acids is 1. The molecular formula is C20H23FN2O2. The van der Waals surface area contributed by atoms with E-state index in [0.717, 1.165) is 17.8 Å². The van der Waals surface area contributed by atoms with Crippen LogP contribution in [0.2, 0.25) is 0 Å². The van der Waals surface area contributed by atoms with E-state index in [1.165, 1.54) is 13.2 Å². The lowest BCUT2D eigenvalue weighted by molar-refractivity contribution is -0.132. The Bertz CT molecular complexity index is 778. The first-order valence-corrected chi connectivity index (χ1v) is 8.40. The maximum atomic E-state index is 13.9. The molecule has 1 aliphatic rings. The number of rotatable bonds is 3. The summed E-state index contributed by atoms with van der Waals surface area (Å²) in [6.07, 6.45) is 0.178. The zero-order valence-corrected chi connectivity index (χ0v) is 14.8. The first-order valence-electron chi connectivity index (χ1n) is 8.40. The van der Waals surface area contributed by atoms with Crippen molar-refractivity contribution in [3.63, 3.8) is 0 Å². The predicted molar refractivity (Wildman–Crippen MR) is 96.4 cm³/mol. The molecule has 1 aliphatic heterocycles. The molecule has 1 amide bonds. The smallest absolute Gasteiger partial charge is 0.227 e. The van der Waals surface area contributed by atoms with Crippen LogP contribution < -0.4 is 9.64 Å². The fourth-order valence-electron chi connectivity index (χ4n) is 3.38. The van der Waals surface area contributed by atoms with Crippen molar-refractivity contribution in [2.45, 2.75) is 25.9 Å². The van der Waals surface area contributed by atoms with Crippen molar-refractivity contribution < 1.29 is 13.9 Å². The molecule has 3 rings (SSSR count). The second-order valence-corrected chi connectivity index (χ2v) is 6.53. The Morgan fingerprint density at radius 2 is 2.04 bits per heavy atom. The normalized spacial score (nSPS) is 17.0. The standard InChI is InChI=1S/C20H23FN2O2/c1-14-12-22(2)18-7-5-4-6-16(18)13-23(14)20(24)11-15-8-9-19(25-3)17(21)10-15/h4-10,14H,11-13H2,1-3H3/t14-/m0/s1. The molecule has 25 heavy (non-hydrogen) atoms. The fourth-order valence-corrected chi connectivity index (χ4v) is 3.38. The summed E-state index contributed by atoms with van der Waals surface area (Å²) in [6.45, 7) is 3.38. The Morgan fingerprint density at radius 3 is 2.76 bits per heavy atom. The lowest BCUT2D eigenvalue weighted by Gasteiger charge is -2.28. The number of hydrogen-bond acceptors (Lipinski definition) is 3. The average Bonchev–Trinajstić information content (AvgIpc) is 2.72. The van der Waals surface area contributed by atoms with Crippen molar-refractivity contribution in [1.82, 2.24) is 4.90 Å². The number of methoxy groups -OCH3 is 1. The molecule has 0 unspecified atom stereocenters. The molecule has 0 N–H and O–H groups in total. The van der Waals surface area contributed by atoms with Gasteiger partial charge in [0.1, 0.15) is 0 Å². The van der Waals surface area contributed by atoms with E-state index >= 15 is 0 Å². The SMILES string of the molecule is COc1ccc(CC(=O)N2Cc3ccccc3N(C)C[C@@H]2C)cc1F. The maximum Gasteiger partial charge on any atom is 0.227 e. The molecule has 5 heteroatoms. The Hall–Kier alpha value is -2.56. The highest BCUT2D eigenvalue weighted by Gasteiger charge is 2.26. The van der Waals surface area contributed by atoms with E-state index in [-0.39, 0.29) is 24.1 Å². The summed E-state index contributed by atoms with van der Waals surface area (Å²) in [5.74, 6) is -0.251. The number of carbonyl (C=O) groups is 1. The van der Waals surface area contributed by atoms with E-state index in [1.54, 1.807) is 12.1 Å². The van der Waals surface area contributed by atoms with Gasteiger partial charge in [0.25, 0.3) is 0 Å². The van der Waals surface area contributed by atoms with Crippen molar-refractivity contribution >= 4 is 11.6 Å². The molecule has 2 aromatic rings. The van der Waals surface area contributed by atoms with Gasteiger partial charge in [0.2, 0.25) is 5.91 Å². The highest BCUT2D eigenvalue weighted by Crippen LogP contribution is 2.26. The van der Waals surface area contributed by atoms with Gasteiger partial charge in [-0.25, -0.2) is 4.39 Å². The molecule has 4 nitrogen and oxygen atoms in total. The minimum atomic E-state index is -0.443. The quantitative estimate of drug-likeness (QED) is 0.858. The van der Waals surface area contributed by atoms with Crippen LogP contribution in [0.15, 0.2) is 42.5 Å². The first kappa shape index (κ1) is 17.3. The van der Waals surface area contributed by atoms with Gasteiger partial charge in [0, 0.05) is 31.9 Å². The molecule has 0 aromatic heterocycles. The van der Waals surface area contributed by atoms with Gasteiger partial charge in [-0.3, -0.25) is 4.79 Å². The molecule has 0 bridgehead atoms. The summed E-state index contributed by atoms with van der Waals surface area (Å²) in [7, 11) is 3.47. The monoisotopic (exact) mass is 342 g/mol. The van der Waals surface area contributed by atoms with Gasteiger partial charge in [-0.1, -0.05) is 24.3 Å². The van der Waals surface area contributed by atoms with Crippen LogP contribution in [-0.2, 0) is 17.8 Å².